The second kappa shape index (κ2) is 13.2. The Labute approximate surface area is 238 Å². The van der Waals surface area contributed by atoms with Crippen molar-refractivity contribution in [2.45, 2.75) is 70.9 Å². The Morgan fingerprint density at radius 2 is 1.78 bits per heavy atom. The second-order valence-electron chi connectivity index (χ2n) is 11.2. The van der Waals surface area contributed by atoms with Gasteiger partial charge in [-0.1, -0.05) is 32.0 Å². The number of hydrogen-bond donors (Lipinski definition) is 1. The van der Waals surface area contributed by atoms with Crippen LogP contribution in [0.4, 0.5) is 18.9 Å². The van der Waals surface area contributed by atoms with E-state index in [4.69, 9.17) is 0 Å². The maximum absolute atomic E-state index is 14.7. The van der Waals surface area contributed by atoms with E-state index < -0.39 is 30.2 Å². The Hall–Kier alpha value is -3.86. The van der Waals surface area contributed by atoms with Gasteiger partial charge in [0.2, 0.25) is 0 Å². The van der Waals surface area contributed by atoms with Gasteiger partial charge >= 0.3 is 0 Å². The molecule has 0 saturated carbocycles. The van der Waals surface area contributed by atoms with Crippen molar-refractivity contribution < 1.29 is 27.5 Å². The lowest BCUT2D eigenvalue weighted by Crippen LogP contribution is -2.42. The minimum atomic E-state index is -2.80. The molecule has 0 spiro atoms. The van der Waals surface area contributed by atoms with E-state index in [0.717, 1.165) is 0 Å². The van der Waals surface area contributed by atoms with Gasteiger partial charge in [-0.15, -0.1) is 0 Å². The van der Waals surface area contributed by atoms with Crippen LogP contribution in [-0.4, -0.2) is 57.3 Å². The Balaban J connectivity index is 0.000000587. The largest absolute Gasteiger partial charge is 0.462 e. The summed E-state index contributed by atoms with van der Waals surface area (Å²) in [4.78, 5) is 37.2. The van der Waals surface area contributed by atoms with Gasteiger partial charge in [0, 0.05) is 42.1 Å². The van der Waals surface area contributed by atoms with Gasteiger partial charge in [-0.3, -0.25) is 19.5 Å². The number of carbonyl (C=O) groups excluding carboxylic acids is 2. The fourth-order valence-corrected chi connectivity index (χ4v) is 4.32. The van der Waals surface area contributed by atoms with Crippen molar-refractivity contribution in [3.63, 3.8) is 0 Å². The van der Waals surface area contributed by atoms with Gasteiger partial charge in [0.05, 0.1) is 29.5 Å². The SMILES string of the molecule is CC(C)(C)OC=O.CC(C)c1ncc(C(=O)Nc2c(-c3ccccc3F)ccnc2C2CCC(F)(F)CN2C)cn1. The van der Waals surface area contributed by atoms with Crippen LogP contribution in [0.3, 0.4) is 0 Å². The molecule has 1 fully saturated rings. The van der Waals surface area contributed by atoms with Crippen LogP contribution in [0, 0.1) is 5.82 Å². The monoisotopic (exact) mass is 571 g/mol. The van der Waals surface area contributed by atoms with Crippen LogP contribution < -0.4 is 5.32 Å². The zero-order valence-corrected chi connectivity index (χ0v) is 24.1. The van der Waals surface area contributed by atoms with Crippen molar-refractivity contribution in [1.29, 1.82) is 0 Å². The Morgan fingerprint density at radius 3 is 2.32 bits per heavy atom. The first-order chi connectivity index (χ1) is 19.2. The number of amides is 1. The third-order valence-corrected chi connectivity index (χ3v) is 6.35. The van der Waals surface area contributed by atoms with Gasteiger partial charge in [0.25, 0.3) is 18.3 Å². The zero-order chi connectivity index (χ0) is 30.4. The van der Waals surface area contributed by atoms with Gasteiger partial charge < -0.3 is 10.1 Å². The van der Waals surface area contributed by atoms with Gasteiger partial charge in [-0.25, -0.2) is 23.1 Å². The Kier molecular flexibility index (Phi) is 10.2. The Bertz CT molecular complexity index is 1340. The van der Waals surface area contributed by atoms with Crippen LogP contribution in [0.5, 0.6) is 0 Å². The summed E-state index contributed by atoms with van der Waals surface area (Å²) in [5.74, 6) is -3.05. The quantitative estimate of drug-likeness (QED) is 0.341. The number of nitrogens with zero attached hydrogens (tertiary/aromatic N) is 4. The van der Waals surface area contributed by atoms with Gasteiger partial charge in [0.15, 0.2) is 0 Å². The number of ether oxygens (including phenoxy) is 1. The van der Waals surface area contributed by atoms with Crippen molar-refractivity contribution >= 4 is 18.1 Å². The van der Waals surface area contributed by atoms with Crippen LogP contribution in [-0.2, 0) is 9.53 Å². The lowest BCUT2D eigenvalue weighted by Gasteiger charge is -2.37. The van der Waals surface area contributed by atoms with Crippen molar-refractivity contribution in [1.82, 2.24) is 19.9 Å². The number of alkyl halides is 2. The minimum Gasteiger partial charge on any atom is -0.462 e. The number of anilines is 1. The molecule has 1 saturated heterocycles. The summed E-state index contributed by atoms with van der Waals surface area (Å²) < 4.78 is 47.2. The summed E-state index contributed by atoms with van der Waals surface area (Å²) >= 11 is 0. The highest BCUT2D eigenvalue weighted by molar-refractivity contribution is 6.06. The summed E-state index contributed by atoms with van der Waals surface area (Å²) in [6.45, 7) is 9.38. The maximum Gasteiger partial charge on any atom is 0.293 e. The number of carbonyl (C=O) groups is 2. The van der Waals surface area contributed by atoms with E-state index in [1.807, 2.05) is 34.6 Å². The standard InChI is InChI=1S/C25H26F3N5O.C5H10O2/c1-15(2)23-30-12-16(13-31-23)24(34)32-21-18(17-6-4-5-7-19(17)26)9-11-29-22(21)20-8-10-25(27,28)14-33(20)3;1-5(2,3)7-4-6/h4-7,9,11-13,15,20H,8,10,14H2,1-3H3,(H,32,34);4H,1-3H3. The number of halogens is 3. The molecule has 1 aliphatic heterocycles. The number of hydrogen-bond acceptors (Lipinski definition) is 7. The second-order valence-corrected chi connectivity index (χ2v) is 11.2. The molecule has 11 heteroatoms. The van der Waals surface area contributed by atoms with Gasteiger partial charge in [-0.05, 0) is 46.4 Å². The summed E-state index contributed by atoms with van der Waals surface area (Å²) in [7, 11) is 1.60. The van der Waals surface area contributed by atoms with E-state index in [-0.39, 0.29) is 41.2 Å². The normalized spacial score (nSPS) is 16.9. The van der Waals surface area contributed by atoms with E-state index in [9.17, 15) is 22.8 Å². The number of aromatic nitrogens is 3. The molecule has 1 N–H and O–H groups in total. The topological polar surface area (TPSA) is 97.3 Å². The first-order valence-electron chi connectivity index (χ1n) is 13.3. The lowest BCUT2D eigenvalue weighted by atomic mass is 9.93. The van der Waals surface area contributed by atoms with E-state index in [1.54, 1.807) is 31.3 Å². The molecule has 1 atom stereocenters. The zero-order valence-electron chi connectivity index (χ0n) is 24.1. The molecule has 2 aromatic heterocycles. The summed E-state index contributed by atoms with van der Waals surface area (Å²) in [5, 5.41) is 2.85. The molecule has 1 aliphatic rings. The third-order valence-electron chi connectivity index (χ3n) is 6.35. The number of benzene rings is 1. The predicted molar refractivity (Wildman–Crippen MR) is 150 cm³/mol. The average Bonchev–Trinajstić information content (AvgIpc) is 2.89. The van der Waals surface area contributed by atoms with E-state index >= 15 is 0 Å². The summed E-state index contributed by atoms with van der Waals surface area (Å²) in [6, 6.07) is 7.32. The smallest absolute Gasteiger partial charge is 0.293 e. The lowest BCUT2D eigenvalue weighted by molar-refractivity contribution is -0.138. The molecule has 1 unspecified atom stereocenters. The predicted octanol–water partition coefficient (Wildman–Crippen LogP) is 6.41. The van der Waals surface area contributed by atoms with Crippen LogP contribution in [0.2, 0.25) is 0 Å². The fraction of sp³-hybridized carbons (Fsp3) is 0.433. The average molecular weight is 572 g/mol. The molecule has 3 heterocycles. The molecular weight excluding hydrogens is 535 g/mol. The fourth-order valence-electron chi connectivity index (χ4n) is 4.32. The van der Waals surface area contributed by atoms with E-state index in [2.05, 4.69) is 25.0 Å². The molecule has 0 aliphatic carbocycles. The minimum absolute atomic E-state index is 0.106. The van der Waals surface area contributed by atoms with Crippen LogP contribution >= 0.6 is 0 Å². The molecule has 0 bridgehead atoms. The molecule has 41 heavy (non-hydrogen) atoms. The van der Waals surface area contributed by atoms with Crippen molar-refractivity contribution in [2.24, 2.45) is 0 Å². The van der Waals surface area contributed by atoms with Gasteiger partial charge in [-0.2, -0.15) is 0 Å². The summed E-state index contributed by atoms with van der Waals surface area (Å²) in [6.07, 6.45) is 4.22. The molecule has 3 aromatic rings. The van der Waals surface area contributed by atoms with Crippen molar-refractivity contribution in [2.75, 3.05) is 18.9 Å². The highest BCUT2D eigenvalue weighted by Gasteiger charge is 2.40. The number of pyridine rings is 1. The number of likely N-dealkylation sites (tertiary alicyclic amines) is 1. The molecule has 4 rings (SSSR count). The summed E-state index contributed by atoms with van der Waals surface area (Å²) in [5.41, 5.74) is 1.29. The highest BCUT2D eigenvalue weighted by Crippen LogP contribution is 2.42. The molecule has 1 aromatic carbocycles. The van der Waals surface area contributed by atoms with Crippen LogP contribution in [0.15, 0.2) is 48.9 Å². The Morgan fingerprint density at radius 1 is 1.12 bits per heavy atom. The number of nitrogens with one attached hydrogen (secondary N) is 1. The van der Waals surface area contributed by atoms with Crippen molar-refractivity contribution in [3.8, 4) is 11.1 Å². The number of rotatable bonds is 6. The molecule has 8 nitrogen and oxygen atoms in total. The first-order valence-corrected chi connectivity index (χ1v) is 13.3. The molecule has 0 radical (unpaired) electrons. The molecule has 220 valence electrons. The van der Waals surface area contributed by atoms with Crippen LogP contribution in [0.25, 0.3) is 11.1 Å². The molecule has 1 amide bonds. The van der Waals surface area contributed by atoms with Crippen LogP contribution in [0.1, 0.15) is 81.3 Å². The van der Waals surface area contributed by atoms with E-state index in [1.165, 1.54) is 29.6 Å². The third kappa shape index (κ3) is 8.56. The van der Waals surface area contributed by atoms with Gasteiger partial charge in [0.1, 0.15) is 17.2 Å². The highest BCUT2D eigenvalue weighted by atomic mass is 19.3. The maximum atomic E-state index is 14.7. The number of piperidine rings is 1. The first kappa shape index (κ1) is 31.7. The van der Waals surface area contributed by atoms with Crippen molar-refractivity contribution in [3.05, 3.63) is 71.8 Å². The van der Waals surface area contributed by atoms with E-state index in [0.29, 0.717) is 23.6 Å². The molecular formula is C30H36F3N5O3.